The molecule has 0 heterocycles. The highest BCUT2D eigenvalue weighted by atomic mass is 15.1. The van der Waals surface area contributed by atoms with Gasteiger partial charge in [0.1, 0.15) is 0 Å². The van der Waals surface area contributed by atoms with Crippen molar-refractivity contribution in [3.05, 3.63) is 0 Å². The summed E-state index contributed by atoms with van der Waals surface area (Å²) in [4.78, 5) is 2.52. The summed E-state index contributed by atoms with van der Waals surface area (Å²) in [5.41, 5.74) is 0. The van der Waals surface area contributed by atoms with E-state index < -0.39 is 0 Å². The molecule has 0 aromatic heterocycles. The maximum Gasteiger partial charge on any atom is 0.00478 e. The molecule has 1 N–H and O–H groups in total. The molecule has 1 atom stereocenters. The van der Waals surface area contributed by atoms with Crippen LogP contribution in [0.25, 0.3) is 0 Å². The Balaban J connectivity index is 2.08. The van der Waals surface area contributed by atoms with Crippen LogP contribution < -0.4 is 5.32 Å². The van der Waals surface area contributed by atoms with E-state index >= 15 is 0 Å². The molecule has 0 amide bonds. The molecule has 0 saturated heterocycles. The van der Waals surface area contributed by atoms with Gasteiger partial charge in [-0.25, -0.2) is 0 Å². The molecule has 1 aliphatic rings. The topological polar surface area (TPSA) is 15.3 Å². The fraction of sp³-hybridized carbons (Fsp3) is 1.00. The first-order chi connectivity index (χ1) is 7.22. The highest BCUT2D eigenvalue weighted by molar-refractivity contribution is 4.70. The van der Waals surface area contributed by atoms with E-state index in [0.717, 1.165) is 5.92 Å². The normalized spacial score (nSPS) is 20.8. The lowest BCUT2D eigenvalue weighted by molar-refractivity contribution is 0.227. The molecular weight excluding hydrogens is 184 g/mol. The first kappa shape index (κ1) is 13.0. The zero-order valence-electron chi connectivity index (χ0n) is 10.8. The highest BCUT2D eigenvalue weighted by Gasteiger charge is 2.15. The second-order valence-electron chi connectivity index (χ2n) is 5.24. The Morgan fingerprint density at radius 1 is 1.27 bits per heavy atom. The van der Waals surface area contributed by atoms with Crippen molar-refractivity contribution in [3.63, 3.8) is 0 Å². The van der Waals surface area contributed by atoms with Crippen LogP contribution >= 0.6 is 0 Å². The third-order valence-corrected chi connectivity index (χ3v) is 3.73. The van der Waals surface area contributed by atoms with E-state index in [1.54, 1.807) is 0 Å². The van der Waals surface area contributed by atoms with Crippen LogP contribution in [0.2, 0.25) is 0 Å². The lowest BCUT2D eigenvalue weighted by Crippen LogP contribution is -2.32. The lowest BCUT2D eigenvalue weighted by Gasteiger charge is -2.27. The summed E-state index contributed by atoms with van der Waals surface area (Å²) in [5.74, 6) is 0.980. The van der Waals surface area contributed by atoms with E-state index in [-0.39, 0.29) is 0 Å². The molecule has 1 rings (SSSR count). The second kappa shape index (κ2) is 7.24. The first-order valence-electron chi connectivity index (χ1n) is 6.58. The van der Waals surface area contributed by atoms with Gasteiger partial charge in [0.05, 0.1) is 0 Å². The van der Waals surface area contributed by atoms with Crippen molar-refractivity contribution in [2.24, 2.45) is 5.92 Å². The molecule has 1 unspecified atom stereocenters. The van der Waals surface area contributed by atoms with Gasteiger partial charge in [0.2, 0.25) is 0 Å². The number of hydrogen-bond acceptors (Lipinski definition) is 2. The van der Waals surface area contributed by atoms with Gasteiger partial charge in [0.15, 0.2) is 0 Å². The zero-order chi connectivity index (χ0) is 11.1. The van der Waals surface area contributed by atoms with E-state index in [1.807, 2.05) is 7.05 Å². The van der Waals surface area contributed by atoms with E-state index in [4.69, 9.17) is 0 Å². The summed E-state index contributed by atoms with van der Waals surface area (Å²) >= 11 is 0. The minimum atomic E-state index is 0.652. The summed E-state index contributed by atoms with van der Waals surface area (Å²) in [7, 11) is 4.32. The standard InChI is InChI=1S/C13H28N2/c1-12(14-2)9-10-15(3)11-13-7-5-4-6-8-13/h12-14H,4-11H2,1-3H3. The fourth-order valence-corrected chi connectivity index (χ4v) is 2.46. The Hall–Kier alpha value is -0.0800. The van der Waals surface area contributed by atoms with Gasteiger partial charge in [-0.1, -0.05) is 19.3 Å². The summed E-state index contributed by atoms with van der Waals surface area (Å²) in [6.45, 7) is 4.81. The van der Waals surface area contributed by atoms with Crippen LogP contribution in [0.3, 0.4) is 0 Å². The minimum absolute atomic E-state index is 0.652. The Labute approximate surface area is 95.4 Å². The number of nitrogens with one attached hydrogen (secondary N) is 1. The van der Waals surface area contributed by atoms with Gasteiger partial charge < -0.3 is 10.2 Å². The zero-order valence-corrected chi connectivity index (χ0v) is 10.8. The largest absolute Gasteiger partial charge is 0.317 e. The molecule has 0 aliphatic heterocycles. The third-order valence-electron chi connectivity index (χ3n) is 3.73. The maximum absolute atomic E-state index is 3.30. The van der Waals surface area contributed by atoms with Gasteiger partial charge in [0.25, 0.3) is 0 Å². The van der Waals surface area contributed by atoms with Crippen molar-refractivity contribution in [1.82, 2.24) is 10.2 Å². The lowest BCUT2D eigenvalue weighted by atomic mass is 9.89. The highest BCUT2D eigenvalue weighted by Crippen LogP contribution is 2.24. The van der Waals surface area contributed by atoms with Gasteiger partial charge in [-0.2, -0.15) is 0 Å². The average molecular weight is 212 g/mol. The molecule has 90 valence electrons. The predicted octanol–water partition coefficient (Wildman–Crippen LogP) is 2.50. The third kappa shape index (κ3) is 5.53. The van der Waals surface area contributed by atoms with Gasteiger partial charge in [-0.05, 0) is 52.7 Å². The molecule has 0 spiro atoms. The van der Waals surface area contributed by atoms with Crippen molar-refractivity contribution in [1.29, 1.82) is 0 Å². The Kier molecular flexibility index (Phi) is 6.26. The van der Waals surface area contributed by atoms with Crippen LogP contribution in [-0.4, -0.2) is 38.1 Å². The first-order valence-corrected chi connectivity index (χ1v) is 6.58. The molecule has 0 radical (unpaired) electrons. The molecule has 0 aromatic rings. The monoisotopic (exact) mass is 212 g/mol. The van der Waals surface area contributed by atoms with E-state index in [1.165, 1.54) is 51.6 Å². The summed E-state index contributed by atoms with van der Waals surface area (Å²) in [6, 6.07) is 0.652. The van der Waals surface area contributed by atoms with Crippen LogP contribution in [0.1, 0.15) is 45.4 Å². The fourth-order valence-electron chi connectivity index (χ4n) is 2.46. The number of nitrogens with zero attached hydrogens (tertiary/aromatic N) is 1. The molecular formula is C13H28N2. The maximum atomic E-state index is 3.30. The molecule has 2 nitrogen and oxygen atoms in total. The summed E-state index contributed by atoms with van der Waals surface area (Å²) in [5, 5.41) is 3.30. The molecule has 1 saturated carbocycles. The number of hydrogen-bond donors (Lipinski definition) is 1. The molecule has 2 heteroatoms. The van der Waals surface area contributed by atoms with Crippen LogP contribution in [0.15, 0.2) is 0 Å². The number of rotatable bonds is 6. The van der Waals surface area contributed by atoms with Gasteiger partial charge >= 0.3 is 0 Å². The molecule has 15 heavy (non-hydrogen) atoms. The SMILES string of the molecule is CNC(C)CCN(C)CC1CCCCC1. The van der Waals surface area contributed by atoms with Crippen LogP contribution in [-0.2, 0) is 0 Å². The molecule has 1 fully saturated rings. The predicted molar refractivity (Wildman–Crippen MR) is 67.2 cm³/mol. The van der Waals surface area contributed by atoms with E-state index in [9.17, 15) is 0 Å². The van der Waals surface area contributed by atoms with Crippen LogP contribution in [0.5, 0.6) is 0 Å². The average Bonchev–Trinajstić information content (AvgIpc) is 2.27. The van der Waals surface area contributed by atoms with Crippen molar-refractivity contribution < 1.29 is 0 Å². The smallest absolute Gasteiger partial charge is 0.00478 e. The van der Waals surface area contributed by atoms with Crippen molar-refractivity contribution in [3.8, 4) is 0 Å². The van der Waals surface area contributed by atoms with Crippen molar-refractivity contribution >= 4 is 0 Å². The van der Waals surface area contributed by atoms with Gasteiger partial charge in [-0.3, -0.25) is 0 Å². The van der Waals surface area contributed by atoms with Gasteiger partial charge in [-0.15, -0.1) is 0 Å². The van der Waals surface area contributed by atoms with E-state index in [0.29, 0.717) is 6.04 Å². The van der Waals surface area contributed by atoms with Gasteiger partial charge in [0, 0.05) is 12.6 Å². The van der Waals surface area contributed by atoms with Crippen molar-refractivity contribution in [2.45, 2.75) is 51.5 Å². The Bertz CT molecular complexity index is 153. The molecule has 0 aromatic carbocycles. The van der Waals surface area contributed by atoms with Crippen LogP contribution in [0, 0.1) is 5.92 Å². The minimum Gasteiger partial charge on any atom is -0.317 e. The summed E-state index contributed by atoms with van der Waals surface area (Å²) in [6.07, 6.45) is 8.59. The summed E-state index contributed by atoms with van der Waals surface area (Å²) < 4.78 is 0. The van der Waals surface area contributed by atoms with Crippen LogP contribution in [0.4, 0.5) is 0 Å². The van der Waals surface area contributed by atoms with Crippen molar-refractivity contribution in [2.75, 3.05) is 27.2 Å². The molecule has 0 bridgehead atoms. The second-order valence-corrected chi connectivity index (χ2v) is 5.24. The van der Waals surface area contributed by atoms with E-state index in [2.05, 4.69) is 24.2 Å². The Morgan fingerprint density at radius 3 is 2.53 bits per heavy atom. The Morgan fingerprint density at radius 2 is 1.93 bits per heavy atom. The quantitative estimate of drug-likeness (QED) is 0.728. The molecule has 1 aliphatic carbocycles.